The minimum Gasteiger partial charge on any atom is -0.458 e. The molecular formula is C15H20O3. The lowest BCUT2D eigenvalue weighted by molar-refractivity contribution is -0.141. The Morgan fingerprint density at radius 2 is 2.33 bits per heavy atom. The van der Waals surface area contributed by atoms with Crippen LogP contribution in [0.4, 0.5) is 0 Å². The molecule has 4 atom stereocenters. The number of hydrogen-bond donors (Lipinski definition) is 1. The molecule has 1 aliphatic carbocycles. The predicted octanol–water partition coefficient (Wildman–Crippen LogP) is 2.24. The largest absolute Gasteiger partial charge is 0.458 e. The summed E-state index contributed by atoms with van der Waals surface area (Å²) in [4.78, 5) is 11.6. The third-order valence-corrected chi connectivity index (χ3v) is 4.51. The van der Waals surface area contributed by atoms with E-state index >= 15 is 0 Å². The molecule has 98 valence electrons. The van der Waals surface area contributed by atoms with Crippen LogP contribution in [0.3, 0.4) is 0 Å². The van der Waals surface area contributed by atoms with Gasteiger partial charge in [0.15, 0.2) is 0 Å². The number of allylic oxidation sites excluding steroid dienone is 1. The second kappa shape index (κ2) is 4.39. The Kier molecular flexibility index (Phi) is 3.20. The van der Waals surface area contributed by atoms with E-state index in [2.05, 4.69) is 26.7 Å². The number of carbonyl (C=O) groups excluding carboxylic acids is 1. The van der Waals surface area contributed by atoms with Gasteiger partial charge in [-0.05, 0) is 29.7 Å². The van der Waals surface area contributed by atoms with Crippen molar-refractivity contribution in [2.75, 3.05) is 6.61 Å². The van der Waals surface area contributed by atoms with Crippen molar-refractivity contribution in [3.63, 3.8) is 0 Å². The van der Waals surface area contributed by atoms with Gasteiger partial charge in [-0.1, -0.05) is 26.2 Å². The maximum absolute atomic E-state index is 11.6. The van der Waals surface area contributed by atoms with Gasteiger partial charge in [0.2, 0.25) is 0 Å². The number of esters is 1. The summed E-state index contributed by atoms with van der Waals surface area (Å²) in [5.41, 5.74) is 1.16. The highest BCUT2D eigenvalue weighted by Crippen LogP contribution is 2.51. The molecule has 1 saturated heterocycles. The lowest BCUT2D eigenvalue weighted by Gasteiger charge is -2.44. The molecular weight excluding hydrogens is 228 g/mol. The van der Waals surface area contributed by atoms with Crippen LogP contribution in [-0.2, 0) is 9.53 Å². The molecule has 0 aromatic carbocycles. The van der Waals surface area contributed by atoms with Gasteiger partial charge >= 0.3 is 5.97 Å². The van der Waals surface area contributed by atoms with Gasteiger partial charge in [0, 0.05) is 11.5 Å². The molecule has 2 rings (SSSR count). The molecule has 4 unspecified atom stereocenters. The topological polar surface area (TPSA) is 46.5 Å². The predicted molar refractivity (Wildman–Crippen MR) is 69.8 cm³/mol. The first-order valence-corrected chi connectivity index (χ1v) is 6.25. The Hall–Kier alpha value is -1.35. The van der Waals surface area contributed by atoms with E-state index in [1.807, 2.05) is 6.08 Å². The summed E-state index contributed by atoms with van der Waals surface area (Å²) in [5, 5.41) is 9.32. The Labute approximate surface area is 108 Å². The number of aliphatic hydroxyl groups excluding tert-OH is 1. The fourth-order valence-corrected chi connectivity index (χ4v) is 3.22. The molecule has 18 heavy (non-hydrogen) atoms. The van der Waals surface area contributed by atoms with Crippen molar-refractivity contribution in [3.8, 4) is 0 Å². The fraction of sp³-hybridized carbons (Fsp3) is 0.533. The highest BCUT2D eigenvalue weighted by atomic mass is 16.6. The molecule has 0 spiro atoms. The maximum atomic E-state index is 11.6. The average molecular weight is 248 g/mol. The van der Waals surface area contributed by atoms with Crippen molar-refractivity contribution in [2.45, 2.75) is 25.9 Å². The first-order chi connectivity index (χ1) is 8.42. The number of aliphatic hydroxyl groups is 1. The average Bonchev–Trinajstić information content (AvgIpc) is 2.62. The van der Waals surface area contributed by atoms with Crippen molar-refractivity contribution < 1.29 is 14.6 Å². The van der Waals surface area contributed by atoms with E-state index in [1.165, 1.54) is 0 Å². The molecule has 0 radical (unpaired) electrons. The third kappa shape index (κ3) is 1.83. The summed E-state index contributed by atoms with van der Waals surface area (Å²) in [7, 11) is 0. The lowest BCUT2D eigenvalue weighted by atomic mass is 9.60. The van der Waals surface area contributed by atoms with Gasteiger partial charge in [-0.15, -0.1) is 6.58 Å². The standard InChI is InChI=1S/C15H20O3/c1-5-15(4)7-13-11(10(3)14(17)18-13)6-12(15)9(2)8-16/h5,11-13,16H,1-3,6-8H2,4H3. The quantitative estimate of drug-likeness (QED) is 0.473. The summed E-state index contributed by atoms with van der Waals surface area (Å²) in [5.74, 6) is -0.113. The molecule has 2 aliphatic rings. The second-order valence-corrected chi connectivity index (χ2v) is 5.59. The molecule has 1 N–H and O–H groups in total. The summed E-state index contributed by atoms with van der Waals surface area (Å²) >= 11 is 0. The van der Waals surface area contributed by atoms with Crippen LogP contribution in [0.25, 0.3) is 0 Å². The van der Waals surface area contributed by atoms with Crippen LogP contribution in [0.5, 0.6) is 0 Å². The fourth-order valence-electron chi connectivity index (χ4n) is 3.22. The molecule has 1 aliphatic heterocycles. The van der Waals surface area contributed by atoms with Crippen molar-refractivity contribution in [3.05, 3.63) is 37.0 Å². The zero-order valence-corrected chi connectivity index (χ0v) is 10.8. The van der Waals surface area contributed by atoms with E-state index in [1.54, 1.807) is 0 Å². The summed E-state index contributed by atoms with van der Waals surface area (Å²) in [6.07, 6.45) is 3.26. The van der Waals surface area contributed by atoms with E-state index in [4.69, 9.17) is 4.74 Å². The van der Waals surface area contributed by atoms with Crippen molar-refractivity contribution in [1.29, 1.82) is 0 Å². The molecule has 0 aromatic heterocycles. The molecule has 3 heteroatoms. The van der Waals surface area contributed by atoms with E-state index < -0.39 is 0 Å². The molecule has 1 heterocycles. The van der Waals surface area contributed by atoms with E-state index in [0.29, 0.717) is 5.57 Å². The zero-order chi connectivity index (χ0) is 13.5. The van der Waals surface area contributed by atoms with Gasteiger partial charge in [0.1, 0.15) is 6.10 Å². The molecule has 0 amide bonds. The Morgan fingerprint density at radius 1 is 1.67 bits per heavy atom. The van der Waals surface area contributed by atoms with Crippen LogP contribution < -0.4 is 0 Å². The van der Waals surface area contributed by atoms with E-state index in [9.17, 15) is 9.90 Å². The monoisotopic (exact) mass is 248 g/mol. The molecule has 1 saturated carbocycles. The number of fused-ring (bicyclic) bond motifs is 1. The normalized spacial score (nSPS) is 39.1. The van der Waals surface area contributed by atoms with Gasteiger partial charge in [0.25, 0.3) is 0 Å². The van der Waals surface area contributed by atoms with Crippen molar-refractivity contribution >= 4 is 5.97 Å². The van der Waals surface area contributed by atoms with Crippen LogP contribution in [0.2, 0.25) is 0 Å². The zero-order valence-electron chi connectivity index (χ0n) is 10.8. The first kappa shape index (κ1) is 13.1. The van der Waals surface area contributed by atoms with Gasteiger partial charge in [-0.25, -0.2) is 4.79 Å². The highest BCUT2D eigenvalue weighted by molar-refractivity contribution is 5.90. The maximum Gasteiger partial charge on any atom is 0.334 e. The Morgan fingerprint density at radius 3 is 2.89 bits per heavy atom. The minimum atomic E-state index is -0.285. The van der Waals surface area contributed by atoms with Gasteiger partial charge in [0.05, 0.1) is 6.61 Å². The van der Waals surface area contributed by atoms with E-state index in [-0.39, 0.29) is 35.9 Å². The number of ether oxygens (including phenoxy) is 1. The first-order valence-electron chi connectivity index (χ1n) is 6.25. The molecule has 0 aromatic rings. The smallest absolute Gasteiger partial charge is 0.334 e. The molecule has 3 nitrogen and oxygen atoms in total. The summed E-state index contributed by atoms with van der Waals surface area (Å²) in [6, 6.07) is 0. The minimum absolute atomic E-state index is 0.0350. The van der Waals surface area contributed by atoms with Crippen LogP contribution in [0.1, 0.15) is 19.8 Å². The van der Waals surface area contributed by atoms with Crippen molar-refractivity contribution in [2.24, 2.45) is 17.3 Å². The summed E-state index contributed by atoms with van der Waals surface area (Å²) < 4.78 is 5.36. The Bertz CT molecular complexity index is 423. The van der Waals surface area contributed by atoms with Crippen LogP contribution in [0, 0.1) is 17.3 Å². The number of hydrogen-bond acceptors (Lipinski definition) is 3. The second-order valence-electron chi connectivity index (χ2n) is 5.59. The van der Waals surface area contributed by atoms with Gasteiger partial charge in [-0.3, -0.25) is 0 Å². The SMILES string of the molecule is C=CC1(C)CC2OC(=O)C(=C)C2CC1C(=C)CO. The Balaban J connectivity index is 2.31. The van der Waals surface area contributed by atoms with E-state index in [0.717, 1.165) is 18.4 Å². The van der Waals surface area contributed by atoms with Gasteiger partial charge < -0.3 is 9.84 Å². The van der Waals surface area contributed by atoms with Crippen LogP contribution in [0.15, 0.2) is 37.0 Å². The van der Waals surface area contributed by atoms with Gasteiger partial charge in [-0.2, -0.15) is 0 Å². The highest BCUT2D eigenvalue weighted by Gasteiger charge is 2.50. The summed E-state index contributed by atoms with van der Waals surface area (Å²) in [6.45, 7) is 13.7. The lowest BCUT2D eigenvalue weighted by Crippen LogP contribution is -2.41. The number of rotatable bonds is 3. The number of carbonyl (C=O) groups is 1. The molecule has 0 bridgehead atoms. The van der Waals surface area contributed by atoms with Crippen LogP contribution >= 0.6 is 0 Å². The van der Waals surface area contributed by atoms with Crippen LogP contribution in [-0.4, -0.2) is 23.8 Å². The third-order valence-electron chi connectivity index (χ3n) is 4.51. The van der Waals surface area contributed by atoms with Crippen molar-refractivity contribution in [1.82, 2.24) is 0 Å². The molecule has 2 fully saturated rings.